The summed E-state index contributed by atoms with van der Waals surface area (Å²) in [7, 11) is 1.38. The number of hydrogen-bond donors (Lipinski definition) is 0. The second kappa shape index (κ2) is 6.81. The Morgan fingerprint density at radius 2 is 1.88 bits per heavy atom. The van der Waals surface area contributed by atoms with Crippen LogP contribution >= 0.6 is 23.2 Å². The molecule has 2 aromatic rings. The van der Waals surface area contributed by atoms with E-state index in [1.807, 2.05) is 6.07 Å². The minimum atomic E-state index is -0.750. The summed E-state index contributed by atoms with van der Waals surface area (Å²) < 4.78 is 0. The number of hydrogen-bond acceptors (Lipinski definition) is 3. The molecule has 0 radical (unpaired) electrons. The van der Waals surface area contributed by atoms with E-state index in [2.05, 4.69) is 0 Å². The number of rotatable bonds is 3. The zero-order valence-corrected chi connectivity index (χ0v) is 14.3. The van der Waals surface area contributed by atoms with Gasteiger partial charge in [-0.25, -0.2) is 0 Å². The van der Waals surface area contributed by atoms with E-state index in [0.29, 0.717) is 21.2 Å². The van der Waals surface area contributed by atoms with Crippen LogP contribution in [0.3, 0.4) is 0 Å². The molecule has 1 aliphatic heterocycles. The second-order valence-corrected chi connectivity index (χ2v) is 6.08. The summed E-state index contributed by atoms with van der Waals surface area (Å²) in [6.07, 6.45) is -0.750. The molecule has 0 aliphatic carbocycles. The van der Waals surface area contributed by atoms with Crippen molar-refractivity contribution >= 4 is 35.0 Å². The molecule has 0 N–H and O–H groups in total. The fourth-order valence-electron chi connectivity index (χ4n) is 2.70. The van der Waals surface area contributed by atoms with E-state index in [9.17, 15) is 9.59 Å². The van der Waals surface area contributed by atoms with Crippen molar-refractivity contribution in [3.63, 3.8) is 0 Å². The van der Waals surface area contributed by atoms with Crippen molar-refractivity contribution < 1.29 is 14.4 Å². The molecule has 1 saturated heterocycles. The molecule has 0 bridgehead atoms. The molecule has 124 valence electrons. The Bertz CT molecular complexity index is 783. The zero-order chi connectivity index (χ0) is 17.3. The first-order chi connectivity index (χ1) is 11.5. The molecule has 7 heteroatoms. The molecule has 3 rings (SSSR count). The van der Waals surface area contributed by atoms with Crippen LogP contribution in [0.1, 0.15) is 22.1 Å². The van der Waals surface area contributed by atoms with Crippen LogP contribution in [0.15, 0.2) is 48.5 Å². The number of carbonyl (C=O) groups excluding carboxylic acids is 2. The van der Waals surface area contributed by atoms with E-state index < -0.39 is 6.17 Å². The van der Waals surface area contributed by atoms with Crippen LogP contribution in [-0.4, -0.2) is 35.4 Å². The third-order valence-electron chi connectivity index (χ3n) is 3.79. The highest BCUT2D eigenvalue weighted by atomic mass is 35.5. The molecule has 0 aromatic heterocycles. The van der Waals surface area contributed by atoms with Gasteiger partial charge in [-0.3, -0.25) is 14.4 Å². The number of carbonyl (C=O) groups is 2. The fourth-order valence-corrected chi connectivity index (χ4v) is 3.21. The molecule has 1 aliphatic rings. The van der Waals surface area contributed by atoms with Gasteiger partial charge in [-0.05, 0) is 24.3 Å². The van der Waals surface area contributed by atoms with Crippen molar-refractivity contribution in [1.82, 2.24) is 9.96 Å². The summed E-state index contributed by atoms with van der Waals surface area (Å²) in [6, 6.07) is 13.7. The fraction of sp³-hybridized carbons (Fsp3) is 0.176. The average Bonchev–Trinajstić information content (AvgIpc) is 2.91. The van der Waals surface area contributed by atoms with Gasteiger partial charge in [0, 0.05) is 21.2 Å². The summed E-state index contributed by atoms with van der Waals surface area (Å²) in [6.45, 7) is -0.0921. The zero-order valence-electron chi connectivity index (χ0n) is 12.8. The quantitative estimate of drug-likeness (QED) is 0.836. The van der Waals surface area contributed by atoms with Crippen LogP contribution < -0.4 is 0 Å². The normalized spacial score (nSPS) is 17.5. The number of nitrogens with zero attached hydrogens (tertiary/aromatic N) is 2. The third-order valence-corrected chi connectivity index (χ3v) is 4.35. The molecular formula is C17H14Cl2N2O3. The lowest BCUT2D eigenvalue weighted by Gasteiger charge is -2.29. The van der Waals surface area contributed by atoms with Crippen molar-refractivity contribution in [3.8, 4) is 0 Å². The molecule has 5 nitrogen and oxygen atoms in total. The highest BCUT2D eigenvalue weighted by Crippen LogP contribution is 2.36. The molecular weight excluding hydrogens is 351 g/mol. The maximum Gasteiger partial charge on any atom is 0.268 e. The topological polar surface area (TPSA) is 49.9 Å². The molecule has 0 spiro atoms. The SMILES string of the molecule is CON1C(=O)CN(C(=O)c2ccccc2)C1c1ccc(Cl)cc1Cl. The molecule has 1 atom stereocenters. The van der Waals surface area contributed by atoms with E-state index in [1.54, 1.807) is 42.5 Å². The summed E-state index contributed by atoms with van der Waals surface area (Å²) in [5.41, 5.74) is 1.05. The molecule has 0 saturated carbocycles. The van der Waals surface area contributed by atoms with E-state index in [0.717, 1.165) is 5.06 Å². The standard InChI is InChI=1S/C17H14Cl2N2O3/c1-24-21-15(22)10-20(17(23)11-5-3-2-4-6-11)16(21)13-8-7-12(18)9-14(13)19/h2-9,16H,10H2,1H3. The van der Waals surface area contributed by atoms with Crippen LogP contribution in [0.25, 0.3) is 0 Å². The van der Waals surface area contributed by atoms with Crippen LogP contribution in [0.4, 0.5) is 0 Å². The third kappa shape index (κ3) is 2.98. The first kappa shape index (κ1) is 16.8. The highest BCUT2D eigenvalue weighted by molar-refractivity contribution is 6.35. The Morgan fingerprint density at radius 3 is 2.50 bits per heavy atom. The van der Waals surface area contributed by atoms with Crippen molar-refractivity contribution in [2.24, 2.45) is 0 Å². The van der Waals surface area contributed by atoms with E-state index in [4.69, 9.17) is 28.0 Å². The summed E-state index contributed by atoms with van der Waals surface area (Å²) in [4.78, 5) is 31.7. The van der Waals surface area contributed by atoms with Crippen molar-refractivity contribution in [1.29, 1.82) is 0 Å². The van der Waals surface area contributed by atoms with E-state index in [1.165, 1.54) is 12.0 Å². The van der Waals surface area contributed by atoms with Crippen molar-refractivity contribution in [3.05, 3.63) is 69.7 Å². The predicted molar refractivity (Wildman–Crippen MR) is 90.5 cm³/mol. The number of halogens is 2. The van der Waals surface area contributed by atoms with Gasteiger partial charge in [-0.15, -0.1) is 0 Å². The van der Waals surface area contributed by atoms with Crippen molar-refractivity contribution in [2.45, 2.75) is 6.17 Å². The molecule has 1 heterocycles. The first-order valence-electron chi connectivity index (χ1n) is 7.20. The van der Waals surface area contributed by atoms with Gasteiger partial charge in [0.1, 0.15) is 6.54 Å². The molecule has 2 aromatic carbocycles. The van der Waals surface area contributed by atoms with Gasteiger partial charge in [0.2, 0.25) is 0 Å². The highest BCUT2D eigenvalue weighted by Gasteiger charge is 2.43. The Hall–Kier alpha value is -2.08. The average molecular weight is 365 g/mol. The molecule has 1 unspecified atom stereocenters. The minimum Gasteiger partial charge on any atom is -0.302 e. The maximum absolute atomic E-state index is 12.8. The van der Waals surface area contributed by atoms with E-state index >= 15 is 0 Å². The second-order valence-electron chi connectivity index (χ2n) is 5.24. The summed E-state index contributed by atoms with van der Waals surface area (Å²) in [5, 5.41) is 1.98. The monoisotopic (exact) mass is 364 g/mol. The maximum atomic E-state index is 12.8. The van der Waals surface area contributed by atoms with Gasteiger partial charge in [-0.2, -0.15) is 5.06 Å². The summed E-state index contributed by atoms with van der Waals surface area (Å²) >= 11 is 12.2. The first-order valence-corrected chi connectivity index (χ1v) is 7.95. The van der Waals surface area contributed by atoms with Gasteiger partial charge >= 0.3 is 0 Å². The predicted octanol–water partition coefficient (Wildman–Crippen LogP) is 3.54. The Labute approximate surface area is 149 Å². The van der Waals surface area contributed by atoms with E-state index in [-0.39, 0.29) is 18.4 Å². The van der Waals surface area contributed by atoms with Gasteiger partial charge in [0.25, 0.3) is 11.8 Å². The van der Waals surface area contributed by atoms with Gasteiger partial charge in [-0.1, -0.05) is 47.5 Å². The van der Waals surface area contributed by atoms with Crippen LogP contribution in [0.2, 0.25) is 10.0 Å². The van der Waals surface area contributed by atoms with Crippen molar-refractivity contribution in [2.75, 3.05) is 13.7 Å². The number of benzene rings is 2. The lowest BCUT2D eigenvalue weighted by molar-refractivity contribution is -0.182. The van der Waals surface area contributed by atoms with Crippen LogP contribution in [-0.2, 0) is 9.63 Å². The Morgan fingerprint density at radius 1 is 1.17 bits per heavy atom. The van der Waals surface area contributed by atoms with Gasteiger partial charge in [0.05, 0.1) is 7.11 Å². The van der Waals surface area contributed by atoms with Crippen LogP contribution in [0.5, 0.6) is 0 Å². The smallest absolute Gasteiger partial charge is 0.268 e. The lowest BCUT2D eigenvalue weighted by atomic mass is 10.1. The van der Waals surface area contributed by atoms with Crippen LogP contribution in [0, 0.1) is 0 Å². The summed E-state index contributed by atoms with van der Waals surface area (Å²) in [5.74, 6) is -0.600. The Kier molecular flexibility index (Phi) is 4.76. The molecule has 24 heavy (non-hydrogen) atoms. The molecule has 2 amide bonds. The van der Waals surface area contributed by atoms with Gasteiger partial charge in [0.15, 0.2) is 6.17 Å². The van der Waals surface area contributed by atoms with Gasteiger partial charge < -0.3 is 4.90 Å². The minimum absolute atomic E-state index is 0.0921. The number of hydroxylamine groups is 2. The number of amides is 2. The largest absolute Gasteiger partial charge is 0.302 e. The lowest BCUT2D eigenvalue weighted by Crippen LogP contribution is -2.35. The Balaban J connectivity index is 2.04. The molecule has 1 fully saturated rings.